The van der Waals surface area contributed by atoms with Crippen molar-refractivity contribution in [2.24, 2.45) is 0 Å². The molecule has 6 heteroatoms. The van der Waals surface area contributed by atoms with Crippen molar-refractivity contribution in [3.63, 3.8) is 0 Å². The van der Waals surface area contributed by atoms with Gasteiger partial charge in [-0.05, 0) is 37.8 Å². The zero-order valence-electron chi connectivity index (χ0n) is 15.3. The number of allylic oxidation sites excluding steroid dienone is 3. The maximum Gasteiger partial charge on any atom is 0.349 e. The normalized spacial score (nSPS) is 12.4. The lowest BCUT2D eigenvalue weighted by Gasteiger charge is -2.11. The van der Waals surface area contributed by atoms with Gasteiger partial charge in [-0.3, -0.25) is 0 Å². The molecule has 0 spiro atoms. The fourth-order valence-corrected chi connectivity index (χ4v) is 1.96. The van der Waals surface area contributed by atoms with Crippen molar-refractivity contribution in [2.45, 2.75) is 40.0 Å². The highest BCUT2D eigenvalue weighted by atomic mass is 16.6. The van der Waals surface area contributed by atoms with E-state index in [1.807, 2.05) is 32.9 Å². The van der Waals surface area contributed by atoms with Gasteiger partial charge < -0.3 is 19.5 Å². The zero-order valence-corrected chi connectivity index (χ0v) is 15.3. The summed E-state index contributed by atoms with van der Waals surface area (Å²) in [5, 5.41) is 12.6. The Morgan fingerprint density at radius 2 is 1.92 bits per heavy atom. The summed E-state index contributed by atoms with van der Waals surface area (Å²) in [7, 11) is 1.67. The molecule has 0 fully saturated rings. The van der Waals surface area contributed by atoms with Crippen molar-refractivity contribution in [1.29, 1.82) is 5.26 Å². The van der Waals surface area contributed by atoms with Gasteiger partial charge in [-0.15, -0.1) is 0 Å². The number of nitrogens with zero attached hydrogens (tertiary/aromatic N) is 1. The van der Waals surface area contributed by atoms with Crippen LogP contribution in [0.25, 0.3) is 0 Å². The minimum atomic E-state index is -0.597. The molecule has 0 rings (SSSR count). The van der Waals surface area contributed by atoms with Crippen LogP contribution in [0.15, 0.2) is 22.9 Å². The van der Waals surface area contributed by atoms with Crippen molar-refractivity contribution in [3.05, 3.63) is 22.9 Å². The third kappa shape index (κ3) is 9.33. The van der Waals surface area contributed by atoms with E-state index in [2.05, 4.69) is 5.32 Å². The molecule has 0 bridgehead atoms. The van der Waals surface area contributed by atoms with Gasteiger partial charge in [0.15, 0.2) is 0 Å². The molecular weight excluding hydrogens is 308 g/mol. The smallest absolute Gasteiger partial charge is 0.349 e. The second kappa shape index (κ2) is 14.7. The molecule has 0 atom stereocenters. The number of hydrogen-bond donors (Lipinski definition) is 1. The average Bonchev–Trinajstić information content (AvgIpc) is 2.60. The maximum absolute atomic E-state index is 12.1. The first kappa shape index (κ1) is 22.2. The highest BCUT2D eigenvalue weighted by Gasteiger charge is 2.15. The monoisotopic (exact) mass is 338 g/mol. The Morgan fingerprint density at radius 1 is 1.17 bits per heavy atom. The summed E-state index contributed by atoms with van der Waals surface area (Å²) in [5.74, 6) is -0.597. The van der Waals surface area contributed by atoms with Gasteiger partial charge in [0.25, 0.3) is 0 Å². The summed E-state index contributed by atoms with van der Waals surface area (Å²) in [6.45, 7) is 8.32. The second-order valence-corrected chi connectivity index (χ2v) is 4.99. The summed E-state index contributed by atoms with van der Waals surface area (Å²) in [5.41, 5.74) is 1.71. The van der Waals surface area contributed by atoms with E-state index in [0.717, 1.165) is 25.1 Å². The van der Waals surface area contributed by atoms with E-state index in [1.54, 1.807) is 7.11 Å². The lowest BCUT2D eigenvalue weighted by atomic mass is 10.0. The van der Waals surface area contributed by atoms with Crippen LogP contribution in [0.5, 0.6) is 0 Å². The van der Waals surface area contributed by atoms with Crippen molar-refractivity contribution in [2.75, 3.05) is 40.1 Å². The molecule has 0 unspecified atom stereocenters. The van der Waals surface area contributed by atoms with E-state index in [1.165, 1.54) is 0 Å². The lowest BCUT2D eigenvalue weighted by Crippen LogP contribution is -2.17. The van der Waals surface area contributed by atoms with Gasteiger partial charge >= 0.3 is 5.97 Å². The van der Waals surface area contributed by atoms with Crippen LogP contribution >= 0.6 is 0 Å². The maximum atomic E-state index is 12.1. The molecule has 136 valence electrons. The topological polar surface area (TPSA) is 80.6 Å². The van der Waals surface area contributed by atoms with Crippen LogP contribution in [0, 0.1) is 11.3 Å². The van der Waals surface area contributed by atoms with Gasteiger partial charge in [-0.2, -0.15) is 5.26 Å². The molecule has 0 aliphatic heterocycles. The summed E-state index contributed by atoms with van der Waals surface area (Å²) in [4.78, 5) is 12.1. The van der Waals surface area contributed by atoms with Crippen molar-refractivity contribution < 1.29 is 19.0 Å². The molecule has 0 saturated carbocycles. The standard InChI is InChI=1S/C18H30N2O4/c1-5-15(13-16(6-2)20-9-8-10-22-4)17(14-19)18(21)24-12-11-23-7-3/h13,20H,5-12H2,1-4H3/b16-13+,17-15-. The molecule has 0 heterocycles. The van der Waals surface area contributed by atoms with Gasteiger partial charge in [0.1, 0.15) is 18.2 Å². The molecular formula is C18H30N2O4. The first-order valence-electron chi connectivity index (χ1n) is 8.45. The second-order valence-electron chi connectivity index (χ2n) is 4.99. The third-order valence-corrected chi connectivity index (χ3v) is 3.29. The van der Waals surface area contributed by atoms with Gasteiger partial charge in [-0.25, -0.2) is 4.79 Å². The first-order valence-corrected chi connectivity index (χ1v) is 8.45. The summed E-state index contributed by atoms with van der Waals surface area (Å²) in [6, 6.07) is 1.97. The number of esters is 1. The molecule has 0 saturated heterocycles. The Bertz CT molecular complexity index is 464. The highest BCUT2D eigenvalue weighted by molar-refractivity contribution is 5.94. The minimum absolute atomic E-state index is 0.0543. The van der Waals surface area contributed by atoms with Crippen LogP contribution in [-0.2, 0) is 19.0 Å². The molecule has 0 aliphatic carbocycles. The van der Waals surface area contributed by atoms with Crippen molar-refractivity contribution >= 4 is 5.97 Å². The van der Waals surface area contributed by atoms with E-state index >= 15 is 0 Å². The van der Waals surface area contributed by atoms with Crippen LogP contribution in [0.3, 0.4) is 0 Å². The van der Waals surface area contributed by atoms with Crippen molar-refractivity contribution in [1.82, 2.24) is 5.32 Å². The predicted molar refractivity (Wildman–Crippen MR) is 93.3 cm³/mol. The van der Waals surface area contributed by atoms with E-state index in [-0.39, 0.29) is 12.2 Å². The van der Waals surface area contributed by atoms with Crippen LogP contribution in [0.1, 0.15) is 40.0 Å². The number of nitrogens with one attached hydrogen (secondary N) is 1. The lowest BCUT2D eigenvalue weighted by molar-refractivity contribution is -0.140. The number of methoxy groups -OCH3 is 1. The Labute approximate surface area is 145 Å². The van der Waals surface area contributed by atoms with Crippen LogP contribution in [-0.4, -0.2) is 46.1 Å². The van der Waals surface area contributed by atoms with Gasteiger partial charge in [0.2, 0.25) is 0 Å². The molecule has 0 aromatic heterocycles. The van der Waals surface area contributed by atoms with E-state index in [9.17, 15) is 10.1 Å². The summed E-state index contributed by atoms with van der Waals surface area (Å²) < 4.78 is 15.2. The van der Waals surface area contributed by atoms with E-state index in [4.69, 9.17) is 14.2 Å². The van der Waals surface area contributed by atoms with Crippen LogP contribution in [0.2, 0.25) is 0 Å². The predicted octanol–water partition coefficient (Wildman–Crippen LogP) is 2.72. The number of ether oxygens (including phenoxy) is 3. The van der Waals surface area contributed by atoms with Gasteiger partial charge in [0.05, 0.1) is 6.61 Å². The molecule has 0 radical (unpaired) electrons. The Morgan fingerprint density at radius 3 is 2.46 bits per heavy atom. The average molecular weight is 338 g/mol. The highest BCUT2D eigenvalue weighted by Crippen LogP contribution is 2.15. The van der Waals surface area contributed by atoms with Crippen LogP contribution in [0.4, 0.5) is 0 Å². The quantitative estimate of drug-likeness (QED) is 0.183. The fraction of sp³-hybridized carbons (Fsp3) is 0.667. The number of rotatable bonds is 13. The number of hydrogen-bond acceptors (Lipinski definition) is 6. The molecule has 0 aromatic carbocycles. The fourth-order valence-electron chi connectivity index (χ4n) is 1.96. The molecule has 6 nitrogen and oxygen atoms in total. The summed E-state index contributed by atoms with van der Waals surface area (Å²) >= 11 is 0. The Kier molecular flexibility index (Phi) is 13.6. The van der Waals surface area contributed by atoms with E-state index in [0.29, 0.717) is 31.8 Å². The van der Waals surface area contributed by atoms with Gasteiger partial charge in [0, 0.05) is 32.6 Å². The SMILES string of the molecule is CCOCCOC(=O)/C(C#N)=C(\C=C(/CC)NCCCOC)CC. The number of carbonyl (C=O) groups is 1. The Hall–Kier alpha value is -1.84. The number of carbonyl (C=O) groups excluding carboxylic acids is 1. The van der Waals surface area contributed by atoms with Gasteiger partial charge in [-0.1, -0.05) is 13.8 Å². The zero-order chi connectivity index (χ0) is 18.2. The molecule has 0 aromatic rings. The molecule has 24 heavy (non-hydrogen) atoms. The third-order valence-electron chi connectivity index (χ3n) is 3.29. The number of nitriles is 1. The Balaban J connectivity index is 4.96. The molecule has 0 aliphatic rings. The minimum Gasteiger partial charge on any atom is -0.459 e. The molecule has 1 N–H and O–H groups in total. The van der Waals surface area contributed by atoms with E-state index < -0.39 is 5.97 Å². The summed E-state index contributed by atoms with van der Waals surface area (Å²) in [6.07, 6.45) is 4.13. The van der Waals surface area contributed by atoms with Crippen molar-refractivity contribution in [3.8, 4) is 6.07 Å². The molecule has 0 amide bonds. The largest absolute Gasteiger partial charge is 0.459 e. The van der Waals surface area contributed by atoms with Crippen LogP contribution < -0.4 is 5.32 Å². The first-order chi connectivity index (χ1) is 11.6.